The van der Waals surface area contributed by atoms with E-state index in [4.69, 9.17) is 0 Å². The van der Waals surface area contributed by atoms with Gasteiger partial charge >= 0.3 is 10.5 Å². The molecule has 0 saturated carbocycles. The lowest BCUT2D eigenvalue weighted by atomic mass is 10.2. The lowest BCUT2D eigenvalue weighted by Gasteiger charge is -2.01. The molecule has 5 nitrogen and oxygen atoms in total. The fraction of sp³-hybridized carbons (Fsp3) is 0.125. The second-order valence-electron chi connectivity index (χ2n) is 2.58. The average Bonchev–Trinajstić information content (AvgIpc) is 2.15. The molecule has 0 aliphatic carbocycles. The van der Waals surface area contributed by atoms with Gasteiger partial charge in [-0.05, 0) is 24.3 Å². The summed E-state index contributed by atoms with van der Waals surface area (Å²) in [5, 5.41) is 2.38. The van der Waals surface area contributed by atoms with Gasteiger partial charge in [-0.15, -0.1) is 0 Å². The van der Waals surface area contributed by atoms with Crippen molar-refractivity contribution in [2.24, 2.45) is 0 Å². The van der Waals surface area contributed by atoms with Crippen molar-refractivity contribution in [1.82, 2.24) is 5.32 Å². The number of hydrogen-bond acceptors (Lipinski definition) is 4. The van der Waals surface area contributed by atoms with Crippen LogP contribution in [0.25, 0.3) is 0 Å². The zero-order chi connectivity index (χ0) is 11.5. The Hall–Kier alpha value is -1.63. The van der Waals surface area contributed by atoms with Gasteiger partial charge in [0, 0.05) is 12.6 Å². The van der Waals surface area contributed by atoms with Gasteiger partial charge in [0.05, 0.1) is 0 Å². The molecule has 15 heavy (non-hydrogen) atoms. The lowest BCUT2D eigenvalue weighted by molar-refractivity contribution is 0.0963. The summed E-state index contributed by atoms with van der Waals surface area (Å²) in [5.74, 6) is -0.519. The van der Waals surface area contributed by atoms with Crippen LogP contribution in [0.1, 0.15) is 10.4 Å². The summed E-state index contributed by atoms with van der Waals surface area (Å²) in [6.45, 7) is 0. The van der Waals surface area contributed by atoms with Gasteiger partial charge in [-0.25, -0.2) is 0 Å². The Morgan fingerprint density at radius 2 is 1.87 bits per heavy atom. The van der Waals surface area contributed by atoms with Gasteiger partial charge in [-0.1, -0.05) is 3.89 Å². The molecule has 1 aromatic rings. The fourth-order valence-electron chi connectivity index (χ4n) is 0.921. The van der Waals surface area contributed by atoms with Gasteiger partial charge in [0.2, 0.25) is 0 Å². The van der Waals surface area contributed by atoms with Crippen molar-refractivity contribution in [2.45, 2.75) is 0 Å². The number of halogens is 1. The highest BCUT2D eigenvalue weighted by Gasteiger charge is 2.10. The third kappa shape index (κ3) is 3.55. The molecule has 1 amide bonds. The summed E-state index contributed by atoms with van der Waals surface area (Å²) in [6, 6.07) is 5.00. The van der Waals surface area contributed by atoms with Gasteiger partial charge in [-0.3, -0.25) is 4.79 Å². The number of amides is 1. The number of benzene rings is 1. The highest BCUT2D eigenvalue weighted by atomic mass is 32.3. The van der Waals surface area contributed by atoms with Crippen molar-refractivity contribution in [3.8, 4) is 5.75 Å². The monoisotopic (exact) mass is 233 g/mol. The Morgan fingerprint density at radius 3 is 2.27 bits per heavy atom. The van der Waals surface area contributed by atoms with Gasteiger partial charge in [0.25, 0.3) is 5.91 Å². The zero-order valence-corrected chi connectivity index (χ0v) is 8.55. The van der Waals surface area contributed by atoms with Gasteiger partial charge in [0.1, 0.15) is 5.75 Å². The summed E-state index contributed by atoms with van der Waals surface area (Å²) < 4.78 is 36.2. The van der Waals surface area contributed by atoms with Crippen LogP contribution < -0.4 is 9.50 Å². The van der Waals surface area contributed by atoms with Crippen molar-refractivity contribution in [3.05, 3.63) is 29.8 Å². The van der Waals surface area contributed by atoms with Crippen molar-refractivity contribution < 1.29 is 21.3 Å². The van der Waals surface area contributed by atoms with Crippen LogP contribution in [0.2, 0.25) is 0 Å². The molecule has 0 saturated heterocycles. The molecule has 1 N–H and O–H groups in total. The predicted molar refractivity (Wildman–Crippen MR) is 50.5 cm³/mol. The summed E-state index contributed by atoms with van der Waals surface area (Å²) >= 11 is 0. The summed E-state index contributed by atoms with van der Waals surface area (Å²) in [5.41, 5.74) is 0.320. The Kier molecular flexibility index (Phi) is 3.25. The highest BCUT2D eigenvalue weighted by molar-refractivity contribution is 7.81. The first-order valence-corrected chi connectivity index (χ1v) is 5.19. The number of hydrogen-bond donors (Lipinski definition) is 1. The Morgan fingerprint density at radius 1 is 1.33 bits per heavy atom. The fourth-order valence-corrected chi connectivity index (χ4v) is 1.26. The van der Waals surface area contributed by atoms with E-state index in [0.29, 0.717) is 5.56 Å². The van der Waals surface area contributed by atoms with Crippen LogP contribution in [0.4, 0.5) is 3.89 Å². The maximum absolute atomic E-state index is 12.1. The van der Waals surface area contributed by atoms with E-state index in [9.17, 15) is 17.1 Å². The van der Waals surface area contributed by atoms with Crippen molar-refractivity contribution in [1.29, 1.82) is 0 Å². The standard InChI is InChI=1S/C8H8FNO4S/c1-10-8(11)6-2-4-7(5-3-6)14-15(9,12)13/h2-5H,1H3,(H,10,11). The predicted octanol–water partition coefficient (Wildman–Crippen LogP) is 0.639. The molecule has 82 valence electrons. The minimum absolute atomic E-state index is 0.190. The van der Waals surface area contributed by atoms with E-state index < -0.39 is 10.5 Å². The van der Waals surface area contributed by atoms with Gasteiger partial charge in [-0.2, -0.15) is 8.42 Å². The first-order valence-electron chi connectivity index (χ1n) is 3.88. The molecule has 0 spiro atoms. The van der Waals surface area contributed by atoms with E-state index in [1.165, 1.54) is 31.3 Å². The van der Waals surface area contributed by atoms with E-state index in [0.717, 1.165) is 0 Å². The number of nitrogens with one attached hydrogen (secondary N) is 1. The average molecular weight is 233 g/mol. The quantitative estimate of drug-likeness (QED) is 0.777. The maximum Gasteiger partial charge on any atom is 0.488 e. The molecule has 1 aromatic carbocycles. The largest absolute Gasteiger partial charge is 0.488 e. The number of rotatable bonds is 3. The third-order valence-corrected chi connectivity index (χ3v) is 1.93. The summed E-state index contributed by atoms with van der Waals surface area (Å²) in [4.78, 5) is 11.1. The SMILES string of the molecule is CNC(=O)c1ccc(OS(=O)(=O)F)cc1. The van der Waals surface area contributed by atoms with Crippen LogP contribution in [0.15, 0.2) is 24.3 Å². The van der Waals surface area contributed by atoms with Crippen LogP contribution in [-0.4, -0.2) is 21.4 Å². The van der Waals surface area contributed by atoms with Crippen LogP contribution in [0.5, 0.6) is 5.75 Å². The molecule has 0 atom stereocenters. The molecular formula is C8H8FNO4S. The second kappa shape index (κ2) is 4.26. The topological polar surface area (TPSA) is 72.5 Å². The Balaban J connectivity index is 2.86. The van der Waals surface area contributed by atoms with E-state index >= 15 is 0 Å². The number of carbonyl (C=O) groups excluding carboxylic acids is 1. The minimum Gasteiger partial charge on any atom is -0.358 e. The molecule has 0 radical (unpaired) electrons. The lowest BCUT2D eigenvalue weighted by Crippen LogP contribution is -2.17. The third-order valence-electron chi connectivity index (χ3n) is 1.54. The summed E-state index contributed by atoms with van der Waals surface area (Å²) in [6.07, 6.45) is 0. The maximum atomic E-state index is 12.1. The molecule has 0 bridgehead atoms. The summed E-state index contributed by atoms with van der Waals surface area (Å²) in [7, 11) is -3.56. The molecule has 0 fully saturated rings. The molecule has 0 aromatic heterocycles. The van der Waals surface area contributed by atoms with Crippen LogP contribution in [-0.2, 0) is 10.5 Å². The van der Waals surface area contributed by atoms with Crippen molar-refractivity contribution in [3.63, 3.8) is 0 Å². The van der Waals surface area contributed by atoms with Gasteiger partial charge < -0.3 is 9.50 Å². The minimum atomic E-state index is -5.02. The van der Waals surface area contributed by atoms with E-state index in [1.807, 2.05) is 0 Å². The highest BCUT2D eigenvalue weighted by Crippen LogP contribution is 2.14. The first-order chi connectivity index (χ1) is 6.92. The Labute approximate surface area is 86.3 Å². The van der Waals surface area contributed by atoms with Crippen molar-refractivity contribution in [2.75, 3.05) is 7.05 Å². The van der Waals surface area contributed by atoms with Gasteiger partial charge in [0.15, 0.2) is 0 Å². The van der Waals surface area contributed by atoms with Crippen molar-refractivity contribution >= 4 is 16.4 Å². The molecule has 7 heteroatoms. The first kappa shape index (κ1) is 11.4. The van der Waals surface area contributed by atoms with E-state index in [1.54, 1.807) is 0 Å². The Bertz CT molecular complexity index is 454. The van der Waals surface area contributed by atoms with Crippen LogP contribution in [0, 0.1) is 0 Å². The van der Waals surface area contributed by atoms with E-state index in [2.05, 4.69) is 9.50 Å². The molecule has 1 rings (SSSR count). The van der Waals surface area contributed by atoms with Crippen LogP contribution in [0.3, 0.4) is 0 Å². The van der Waals surface area contributed by atoms with E-state index in [-0.39, 0.29) is 11.7 Å². The molecule has 0 unspecified atom stereocenters. The smallest absolute Gasteiger partial charge is 0.358 e. The molecular weight excluding hydrogens is 225 g/mol. The van der Waals surface area contributed by atoms with Crippen LogP contribution >= 0.6 is 0 Å². The second-order valence-corrected chi connectivity index (χ2v) is 3.53. The normalized spacial score (nSPS) is 10.8. The zero-order valence-electron chi connectivity index (χ0n) is 7.73. The molecule has 0 aliphatic rings. The molecule has 0 heterocycles. The molecule has 0 aliphatic heterocycles. The number of carbonyl (C=O) groups is 1.